The van der Waals surface area contributed by atoms with Gasteiger partial charge in [0.2, 0.25) is 15.9 Å². The molecule has 1 aliphatic rings. The normalized spacial score (nSPS) is 15.6. The number of benzene rings is 2. The highest BCUT2D eigenvalue weighted by Gasteiger charge is 2.31. The molecule has 1 aliphatic heterocycles. The molecule has 30 heavy (non-hydrogen) atoms. The molecule has 1 amide bonds. The number of halogens is 1. The summed E-state index contributed by atoms with van der Waals surface area (Å²) in [6.45, 7) is 0.625. The second-order valence-corrected chi connectivity index (χ2v) is 9.52. The van der Waals surface area contributed by atoms with Crippen LogP contribution in [-0.2, 0) is 20.6 Å². The van der Waals surface area contributed by atoms with Gasteiger partial charge >= 0.3 is 0 Å². The van der Waals surface area contributed by atoms with Gasteiger partial charge in [-0.15, -0.1) is 0 Å². The molecule has 0 saturated carbocycles. The summed E-state index contributed by atoms with van der Waals surface area (Å²) in [5.74, 6) is 0.617. The first-order valence-corrected chi connectivity index (χ1v) is 11.6. The van der Waals surface area contributed by atoms with E-state index in [-0.39, 0.29) is 17.6 Å². The Kier molecular flexibility index (Phi) is 7.23. The number of ether oxygens (including phenoxy) is 2. The van der Waals surface area contributed by atoms with Crippen LogP contribution in [0.1, 0.15) is 18.4 Å². The molecule has 0 bridgehead atoms. The molecule has 0 spiro atoms. The van der Waals surface area contributed by atoms with Crippen molar-refractivity contribution in [1.82, 2.24) is 4.31 Å². The van der Waals surface area contributed by atoms with Crippen molar-refractivity contribution < 1.29 is 22.7 Å². The lowest BCUT2D eigenvalue weighted by molar-refractivity contribution is -0.120. The van der Waals surface area contributed by atoms with Gasteiger partial charge in [-0.1, -0.05) is 23.7 Å². The number of anilines is 1. The van der Waals surface area contributed by atoms with Crippen LogP contribution in [0.15, 0.2) is 42.5 Å². The summed E-state index contributed by atoms with van der Waals surface area (Å²) in [4.78, 5) is 12.6. The highest BCUT2D eigenvalue weighted by atomic mass is 35.5. The number of sulfonamides is 1. The van der Waals surface area contributed by atoms with Crippen LogP contribution in [0.4, 0.5) is 5.69 Å². The molecule has 1 saturated heterocycles. The Morgan fingerprint density at radius 2 is 1.80 bits per heavy atom. The first-order chi connectivity index (χ1) is 14.3. The summed E-state index contributed by atoms with van der Waals surface area (Å²) in [5, 5.41) is 3.39. The lowest BCUT2D eigenvalue weighted by atomic mass is 9.97. The molecule has 1 fully saturated rings. The smallest absolute Gasteiger partial charge is 0.227 e. The molecule has 1 heterocycles. The van der Waals surface area contributed by atoms with E-state index in [9.17, 15) is 13.2 Å². The number of amides is 1. The highest BCUT2D eigenvalue weighted by Crippen LogP contribution is 2.30. The number of carbonyl (C=O) groups is 1. The number of rotatable bonds is 7. The minimum atomic E-state index is -3.47. The van der Waals surface area contributed by atoms with Crippen LogP contribution in [0, 0.1) is 5.92 Å². The van der Waals surface area contributed by atoms with Gasteiger partial charge in [0.15, 0.2) is 11.5 Å². The van der Waals surface area contributed by atoms with Crippen molar-refractivity contribution in [2.24, 2.45) is 5.92 Å². The lowest BCUT2D eigenvalue weighted by Gasteiger charge is -2.30. The van der Waals surface area contributed by atoms with Gasteiger partial charge in [-0.25, -0.2) is 12.7 Å². The molecule has 0 atom stereocenters. The van der Waals surface area contributed by atoms with Crippen molar-refractivity contribution in [3.05, 3.63) is 53.1 Å². The molecule has 7 nitrogen and oxygen atoms in total. The number of carbonyl (C=O) groups excluding carboxylic acids is 1. The molecule has 1 N–H and O–H groups in total. The van der Waals surface area contributed by atoms with Crippen LogP contribution in [0.3, 0.4) is 0 Å². The summed E-state index contributed by atoms with van der Waals surface area (Å²) in [6, 6.07) is 12.0. The van der Waals surface area contributed by atoms with Gasteiger partial charge in [-0.2, -0.15) is 0 Å². The molecule has 9 heteroatoms. The molecular formula is C21H25ClN2O5S. The van der Waals surface area contributed by atoms with Gasteiger partial charge in [0.1, 0.15) is 0 Å². The Morgan fingerprint density at radius 1 is 1.10 bits per heavy atom. The van der Waals surface area contributed by atoms with E-state index < -0.39 is 10.0 Å². The van der Waals surface area contributed by atoms with Gasteiger partial charge < -0.3 is 14.8 Å². The van der Waals surface area contributed by atoms with E-state index in [0.29, 0.717) is 53.7 Å². The molecule has 162 valence electrons. The molecule has 0 aliphatic carbocycles. The minimum Gasteiger partial charge on any atom is -0.493 e. The van der Waals surface area contributed by atoms with Crippen LogP contribution in [-0.4, -0.2) is 45.9 Å². The minimum absolute atomic E-state index is 0.101. The van der Waals surface area contributed by atoms with Crippen molar-refractivity contribution in [3.8, 4) is 11.5 Å². The number of piperidine rings is 1. The zero-order valence-corrected chi connectivity index (χ0v) is 18.5. The Balaban J connectivity index is 1.57. The number of hydrogen-bond donors (Lipinski definition) is 1. The molecule has 3 rings (SSSR count). The van der Waals surface area contributed by atoms with Gasteiger partial charge in [0.25, 0.3) is 0 Å². The van der Waals surface area contributed by atoms with Crippen molar-refractivity contribution in [1.29, 1.82) is 0 Å². The molecule has 0 unspecified atom stereocenters. The van der Waals surface area contributed by atoms with Gasteiger partial charge in [-0.3, -0.25) is 4.79 Å². The molecule has 2 aromatic rings. The van der Waals surface area contributed by atoms with Crippen LogP contribution in [0.25, 0.3) is 0 Å². The maximum absolute atomic E-state index is 12.7. The second-order valence-electron chi connectivity index (χ2n) is 7.12. The zero-order valence-electron chi connectivity index (χ0n) is 16.9. The third-order valence-corrected chi connectivity index (χ3v) is 7.19. The van der Waals surface area contributed by atoms with Crippen molar-refractivity contribution in [2.75, 3.05) is 32.6 Å². The van der Waals surface area contributed by atoms with Crippen LogP contribution < -0.4 is 14.8 Å². The lowest BCUT2D eigenvalue weighted by Crippen LogP contribution is -2.41. The maximum atomic E-state index is 12.7. The number of hydrogen-bond acceptors (Lipinski definition) is 5. The summed E-state index contributed by atoms with van der Waals surface area (Å²) in [6.07, 6.45) is 0.932. The Labute approximate surface area is 182 Å². The monoisotopic (exact) mass is 452 g/mol. The fourth-order valence-corrected chi connectivity index (χ4v) is 5.25. The predicted molar refractivity (Wildman–Crippen MR) is 117 cm³/mol. The molecule has 2 aromatic carbocycles. The average molecular weight is 453 g/mol. The van der Waals surface area contributed by atoms with Crippen molar-refractivity contribution in [3.63, 3.8) is 0 Å². The fraction of sp³-hybridized carbons (Fsp3) is 0.381. The number of nitrogens with one attached hydrogen (secondary N) is 1. The predicted octanol–water partition coefficient (Wildman–Crippen LogP) is 3.54. The van der Waals surface area contributed by atoms with Crippen LogP contribution >= 0.6 is 11.6 Å². The highest BCUT2D eigenvalue weighted by molar-refractivity contribution is 7.88. The molecular weight excluding hydrogens is 428 g/mol. The van der Waals surface area contributed by atoms with Crippen LogP contribution in [0.5, 0.6) is 11.5 Å². The van der Waals surface area contributed by atoms with E-state index in [1.807, 2.05) is 0 Å². The third-order valence-electron chi connectivity index (χ3n) is 5.11. The van der Waals surface area contributed by atoms with Gasteiger partial charge in [-0.05, 0) is 42.7 Å². The Hall–Kier alpha value is -2.29. The molecule has 0 radical (unpaired) electrons. The number of nitrogens with zero attached hydrogens (tertiary/aromatic N) is 1. The largest absolute Gasteiger partial charge is 0.493 e. The number of methoxy groups -OCH3 is 2. The Morgan fingerprint density at radius 3 is 2.43 bits per heavy atom. The topological polar surface area (TPSA) is 84.9 Å². The first-order valence-electron chi connectivity index (χ1n) is 9.57. The second kappa shape index (κ2) is 9.68. The Bertz CT molecular complexity index is 1000. The van der Waals surface area contributed by atoms with E-state index in [0.717, 1.165) is 0 Å². The fourth-order valence-electron chi connectivity index (χ4n) is 3.48. The van der Waals surface area contributed by atoms with E-state index in [1.54, 1.807) is 49.6 Å². The van der Waals surface area contributed by atoms with Gasteiger partial charge in [0, 0.05) is 35.8 Å². The maximum Gasteiger partial charge on any atom is 0.227 e. The summed E-state index contributed by atoms with van der Waals surface area (Å²) >= 11 is 5.95. The van der Waals surface area contributed by atoms with Crippen molar-refractivity contribution >= 4 is 33.2 Å². The molecule has 0 aromatic heterocycles. The van der Waals surface area contributed by atoms with E-state index in [2.05, 4.69) is 5.32 Å². The summed E-state index contributed by atoms with van der Waals surface area (Å²) in [7, 11) is -0.389. The standard InChI is InChI=1S/C21H25ClN2O5S/c1-28-19-7-6-18(13-20(19)29-2)23-21(25)16-8-10-24(11-9-16)30(26,27)14-15-4-3-5-17(22)12-15/h3-7,12-13,16H,8-11,14H2,1-2H3,(H,23,25). The van der Waals surface area contributed by atoms with Crippen molar-refractivity contribution in [2.45, 2.75) is 18.6 Å². The third kappa shape index (κ3) is 5.44. The van der Waals surface area contributed by atoms with Crippen LogP contribution in [0.2, 0.25) is 5.02 Å². The SMILES string of the molecule is COc1ccc(NC(=O)C2CCN(S(=O)(=O)Cc3cccc(Cl)c3)CC2)cc1OC. The van der Waals surface area contributed by atoms with E-state index in [1.165, 1.54) is 11.4 Å². The van der Waals surface area contributed by atoms with E-state index in [4.69, 9.17) is 21.1 Å². The average Bonchev–Trinajstić information content (AvgIpc) is 2.73. The quantitative estimate of drug-likeness (QED) is 0.694. The first kappa shape index (κ1) is 22.4. The summed E-state index contributed by atoms with van der Waals surface area (Å²) < 4.78 is 37.3. The summed E-state index contributed by atoms with van der Waals surface area (Å²) in [5.41, 5.74) is 1.25. The van der Waals surface area contributed by atoms with E-state index >= 15 is 0 Å². The van der Waals surface area contributed by atoms with Gasteiger partial charge in [0.05, 0.1) is 20.0 Å². The zero-order chi connectivity index (χ0) is 21.7.